The molecule has 0 fully saturated rings. The second-order valence-electron chi connectivity index (χ2n) is 7.15. The molecule has 0 atom stereocenters. The Balaban J connectivity index is 1.84. The van der Waals surface area contributed by atoms with Crippen molar-refractivity contribution < 1.29 is 23.8 Å². The second-order valence-corrected chi connectivity index (χ2v) is 7.15. The van der Waals surface area contributed by atoms with E-state index in [4.69, 9.17) is 14.2 Å². The van der Waals surface area contributed by atoms with Gasteiger partial charge >= 0.3 is 0 Å². The molecule has 7 heteroatoms. The van der Waals surface area contributed by atoms with E-state index in [1.165, 1.54) is 7.11 Å². The first-order chi connectivity index (χ1) is 16.1. The maximum absolute atomic E-state index is 13.6. The zero-order chi connectivity index (χ0) is 23.4. The van der Waals surface area contributed by atoms with Crippen molar-refractivity contribution in [2.24, 2.45) is 0 Å². The van der Waals surface area contributed by atoms with Gasteiger partial charge in [-0.05, 0) is 48.9 Å². The van der Waals surface area contributed by atoms with Gasteiger partial charge in [-0.3, -0.25) is 9.59 Å². The van der Waals surface area contributed by atoms with Gasteiger partial charge in [0.15, 0.2) is 0 Å². The third-order valence-corrected chi connectivity index (χ3v) is 5.24. The molecule has 33 heavy (non-hydrogen) atoms. The number of nitrogens with zero attached hydrogens (tertiary/aromatic N) is 1. The molecule has 3 aromatic carbocycles. The van der Waals surface area contributed by atoms with Crippen LogP contribution in [0.2, 0.25) is 0 Å². The molecule has 0 unspecified atom stereocenters. The van der Waals surface area contributed by atoms with Crippen LogP contribution in [0.3, 0.4) is 0 Å². The Morgan fingerprint density at radius 1 is 0.788 bits per heavy atom. The van der Waals surface area contributed by atoms with E-state index in [2.05, 4.69) is 5.32 Å². The first-order valence-corrected chi connectivity index (χ1v) is 10.5. The molecule has 4 rings (SSSR count). The number of hydrogen-bond acceptors (Lipinski definition) is 6. The number of rotatable bonds is 8. The van der Waals surface area contributed by atoms with Gasteiger partial charge in [0.05, 0.1) is 37.8 Å². The summed E-state index contributed by atoms with van der Waals surface area (Å²) in [6, 6.07) is 21.2. The fourth-order valence-corrected chi connectivity index (χ4v) is 3.69. The molecule has 0 saturated carbocycles. The van der Waals surface area contributed by atoms with Gasteiger partial charge in [0.25, 0.3) is 11.8 Å². The molecule has 1 N–H and O–H groups in total. The minimum Gasteiger partial charge on any atom is -0.497 e. The molecule has 7 nitrogen and oxygen atoms in total. The van der Waals surface area contributed by atoms with E-state index in [1.54, 1.807) is 67.8 Å². The van der Waals surface area contributed by atoms with E-state index in [-0.39, 0.29) is 11.3 Å². The van der Waals surface area contributed by atoms with Gasteiger partial charge < -0.3 is 19.5 Å². The van der Waals surface area contributed by atoms with Crippen LogP contribution in [0.15, 0.2) is 78.5 Å². The summed E-state index contributed by atoms with van der Waals surface area (Å²) in [4.78, 5) is 28.4. The molecule has 0 spiro atoms. The van der Waals surface area contributed by atoms with Crippen molar-refractivity contribution in [1.29, 1.82) is 0 Å². The fraction of sp³-hybridized carbons (Fsp3) is 0.154. The average Bonchev–Trinajstić information content (AvgIpc) is 3.09. The maximum atomic E-state index is 13.6. The van der Waals surface area contributed by atoms with Crippen molar-refractivity contribution in [3.05, 3.63) is 84.1 Å². The molecule has 2 amide bonds. The van der Waals surface area contributed by atoms with Crippen molar-refractivity contribution >= 4 is 28.8 Å². The van der Waals surface area contributed by atoms with E-state index in [9.17, 15) is 9.59 Å². The summed E-state index contributed by atoms with van der Waals surface area (Å²) in [5, 5.41) is 3.16. The Morgan fingerprint density at radius 3 is 2.12 bits per heavy atom. The molecular weight excluding hydrogens is 420 g/mol. The Morgan fingerprint density at radius 2 is 1.45 bits per heavy atom. The highest BCUT2D eigenvalue weighted by Crippen LogP contribution is 2.39. The van der Waals surface area contributed by atoms with Crippen LogP contribution in [0.25, 0.3) is 5.57 Å². The van der Waals surface area contributed by atoms with Gasteiger partial charge in [0.2, 0.25) is 0 Å². The number of amides is 2. The molecule has 0 aromatic heterocycles. The number of imide groups is 1. The zero-order valence-electron chi connectivity index (χ0n) is 18.6. The van der Waals surface area contributed by atoms with E-state index in [0.717, 1.165) is 4.90 Å². The predicted octanol–water partition coefficient (Wildman–Crippen LogP) is 4.50. The molecule has 0 aliphatic carbocycles. The van der Waals surface area contributed by atoms with Crippen molar-refractivity contribution in [3.8, 4) is 17.2 Å². The molecule has 1 aliphatic heterocycles. The highest BCUT2D eigenvalue weighted by atomic mass is 16.5. The molecule has 0 radical (unpaired) electrons. The number of hydrogen-bond donors (Lipinski definition) is 1. The number of para-hydroxylation sites is 4. The van der Waals surface area contributed by atoms with Gasteiger partial charge in [-0.25, -0.2) is 4.90 Å². The maximum Gasteiger partial charge on any atom is 0.282 e. The first kappa shape index (κ1) is 22.0. The minimum absolute atomic E-state index is 0.156. The van der Waals surface area contributed by atoms with Crippen LogP contribution in [0.5, 0.6) is 17.2 Å². The largest absolute Gasteiger partial charge is 0.497 e. The predicted molar refractivity (Wildman–Crippen MR) is 127 cm³/mol. The van der Waals surface area contributed by atoms with Crippen molar-refractivity contribution in [1.82, 2.24) is 0 Å². The lowest BCUT2D eigenvalue weighted by Gasteiger charge is -2.18. The Hall–Kier alpha value is -4.26. The van der Waals surface area contributed by atoms with E-state index >= 15 is 0 Å². The van der Waals surface area contributed by atoms with Crippen molar-refractivity contribution in [2.45, 2.75) is 6.92 Å². The van der Waals surface area contributed by atoms with E-state index < -0.39 is 11.8 Å². The summed E-state index contributed by atoms with van der Waals surface area (Å²) in [6.45, 7) is 2.34. The summed E-state index contributed by atoms with van der Waals surface area (Å²) in [5.41, 5.74) is 1.95. The summed E-state index contributed by atoms with van der Waals surface area (Å²) in [6.07, 6.45) is 0. The van der Waals surface area contributed by atoms with Crippen molar-refractivity contribution in [2.75, 3.05) is 31.0 Å². The van der Waals surface area contributed by atoms with Crippen LogP contribution < -0.4 is 24.4 Å². The Kier molecular flexibility index (Phi) is 6.31. The number of carbonyl (C=O) groups excluding carboxylic acids is 2. The smallest absolute Gasteiger partial charge is 0.282 e. The lowest BCUT2D eigenvalue weighted by molar-refractivity contribution is -0.120. The summed E-state index contributed by atoms with van der Waals surface area (Å²) in [5.74, 6) is 0.711. The second kappa shape index (κ2) is 9.48. The molecule has 1 aliphatic rings. The van der Waals surface area contributed by atoms with Gasteiger partial charge in [-0.2, -0.15) is 0 Å². The molecule has 168 valence electrons. The SMILES string of the molecule is CCOc1ccccc1NC1=C(c2ccc(OC)cc2)C(=O)N(c2ccccc2OC)C1=O. The number of nitrogens with one attached hydrogen (secondary N) is 1. The van der Waals surface area contributed by atoms with Crippen molar-refractivity contribution in [3.63, 3.8) is 0 Å². The lowest BCUT2D eigenvalue weighted by atomic mass is 10.0. The lowest BCUT2D eigenvalue weighted by Crippen LogP contribution is -2.32. The van der Waals surface area contributed by atoms with E-state index in [1.807, 2.05) is 19.1 Å². The number of benzene rings is 3. The summed E-state index contributed by atoms with van der Waals surface area (Å²) >= 11 is 0. The van der Waals surface area contributed by atoms with Gasteiger partial charge in [0.1, 0.15) is 22.9 Å². The molecule has 1 heterocycles. The highest BCUT2D eigenvalue weighted by Gasteiger charge is 2.41. The third-order valence-electron chi connectivity index (χ3n) is 5.24. The molecular formula is C26H24N2O5. The number of anilines is 2. The third kappa shape index (κ3) is 4.13. The van der Waals surface area contributed by atoms with Gasteiger partial charge in [0, 0.05) is 0 Å². The van der Waals surface area contributed by atoms with Gasteiger partial charge in [-0.15, -0.1) is 0 Å². The summed E-state index contributed by atoms with van der Waals surface area (Å²) < 4.78 is 16.3. The molecule has 3 aromatic rings. The van der Waals surface area contributed by atoms with Crippen LogP contribution in [0.4, 0.5) is 11.4 Å². The monoisotopic (exact) mass is 444 g/mol. The van der Waals surface area contributed by atoms with Crippen LogP contribution in [0, 0.1) is 0 Å². The highest BCUT2D eigenvalue weighted by molar-refractivity contribution is 6.46. The van der Waals surface area contributed by atoms with Crippen LogP contribution in [-0.4, -0.2) is 32.6 Å². The van der Waals surface area contributed by atoms with Crippen LogP contribution in [-0.2, 0) is 9.59 Å². The topological polar surface area (TPSA) is 77.1 Å². The van der Waals surface area contributed by atoms with Crippen LogP contribution in [0.1, 0.15) is 12.5 Å². The first-order valence-electron chi connectivity index (χ1n) is 10.5. The summed E-state index contributed by atoms with van der Waals surface area (Å²) in [7, 11) is 3.07. The van der Waals surface area contributed by atoms with Crippen LogP contribution >= 0.6 is 0 Å². The van der Waals surface area contributed by atoms with Gasteiger partial charge in [-0.1, -0.05) is 36.4 Å². The minimum atomic E-state index is -0.485. The molecule has 0 bridgehead atoms. The quantitative estimate of drug-likeness (QED) is 0.516. The number of ether oxygens (including phenoxy) is 3. The standard InChI is InChI=1S/C26H24N2O5/c1-4-33-21-11-7-5-9-19(21)27-24-23(17-13-15-18(31-2)16-14-17)25(29)28(26(24)30)20-10-6-8-12-22(20)32-3/h5-16,27H,4H2,1-3H3. The Labute approximate surface area is 192 Å². The van der Waals surface area contributed by atoms with E-state index in [0.29, 0.717) is 40.8 Å². The number of carbonyl (C=O) groups is 2. The zero-order valence-corrected chi connectivity index (χ0v) is 18.6. The average molecular weight is 444 g/mol. The fourth-order valence-electron chi connectivity index (χ4n) is 3.69. The Bertz CT molecular complexity index is 1220. The molecule has 0 saturated heterocycles. The number of methoxy groups -OCH3 is 2. The normalized spacial score (nSPS) is 13.4.